The van der Waals surface area contributed by atoms with Crippen LogP contribution < -0.4 is 11.1 Å². The fraction of sp³-hybridized carbons (Fsp3) is 0. The molecule has 102 valence electrons. The van der Waals surface area contributed by atoms with E-state index in [1.165, 1.54) is 6.07 Å². The van der Waals surface area contributed by atoms with Crippen molar-refractivity contribution >= 4 is 28.4 Å². The Bertz CT molecular complexity index is 673. The van der Waals surface area contributed by atoms with Gasteiger partial charge in [-0.1, -0.05) is 18.2 Å². The second-order valence-corrected chi connectivity index (χ2v) is 3.90. The van der Waals surface area contributed by atoms with Crippen LogP contribution in [0, 0.1) is 20.2 Å². The zero-order valence-corrected chi connectivity index (χ0v) is 10.1. The number of nitrogens with zero attached hydrogens (tertiary/aromatic N) is 2. The van der Waals surface area contributed by atoms with E-state index >= 15 is 0 Å². The van der Waals surface area contributed by atoms with Gasteiger partial charge in [0.1, 0.15) is 5.69 Å². The van der Waals surface area contributed by atoms with Crippen molar-refractivity contribution in [3.05, 3.63) is 62.7 Å². The first-order valence-electron chi connectivity index (χ1n) is 5.54. The average molecular weight is 274 g/mol. The van der Waals surface area contributed by atoms with Crippen LogP contribution in [0.15, 0.2) is 42.5 Å². The third-order valence-corrected chi connectivity index (χ3v) is 2.63. The van der Waals surface area contributed by atoms with Crippen LogP contribution >= 0.6 is 0 Å². The quantitative estimate of drug-likeness (QED) is 0.501. The summed E-state index contributed by atoms with van der Waals surface area (Å²) in [5, 5.41) is 24.6. The summed E-state index contributed by atoms with van der Waals surface area (Å²) in [4.78, 5) is 20.3. The topological polar surface area (TPSA) is 124 Å². The predicted molar refractivity (Wildman–Crippen MR) is 73.9 cm³/mol. The minimum absolute atomic E-state index is 0.101. The minimum atomic E-state index is -0.755. The van der Waals surface area contributed by atoms with Crippen molar-refractivity contribution < 1.29 is 9.85 Å². The number of nitro groups is 2. The van der Waals surface area contributed by atoms with Gasteiger partial charge in [-0.15, -0.1) is 0 Å². The number of nitrogens with two attached hydrogens (primary N) is 1. The molecule has 2 rings (SSSR count). The van der Waals surface area contributed by atoms with Crippen LogP contribution in [0.4, 0.5) is 28.4 Å². The Morgan fingerprint density at radius 2 is 1.60 bits per heavy atom. The summed E-state index contributed by atoms with van der Waals surface area (Å²) in [6, 6.07) is 11.1. The highest BCUT2D eigenvalue weighted by atomic mass is 16.6. The van der Waals surface area contributed by atoms with Crippen LogP contribution in [-0.4, -0.2) is 9.85 Å². The molecule has 8 heteroatoms. The summed E-state index contributed by atoms with van der Waals surface area (Å²) in [5.41, 5.74) is 4.76. The van der Waals surface area contributed by atoms with Crippen LogP contribution in [0.25, 0.3) is 0 Å². The summed E-state index contributed by atoms with van der Waals surface area (Å²) in [5.74, 6) is 0. The van der Waals surface area contributed by atoms with E-state index in [1.807, 2.05) is 0 Å². The second kappa shape index (κ2) is 5.22. The molecule has 8 nitrogen and oxygen atoms in total. The molecule has 20 heavy (non-hydrogen) atoms. The van der Waals surface area contributed by atoms with Crippen molar-refractivity contribution in [2.75, 3.05) is 11.1 Å². The number of benzene rings is 2. The lowest BCUT2D eigenvalue weighted by Crippen LogP contribution is -2.04. The SMILES string of the molecule is Nc1c([N+](=O)[O-])ccc(Nc2ccccc2)c1[N+](=O)[O-]. The number of para-hydroxylation sites is 1. The molecule has 2 aromatic rings. The number of anilines is 3. The van der Waals surface area contributed by atoms with E-state index in [-0.39, 0.29) is 5.69 Å². The number of hydrogen-bond donors (Lipinski definition) is 2. The molecule has 0 radical (unpaired) electrons. The van der Waals surface area contributed by atoms with Crippen molar-refractivity contribution in [2.45, 2.75) is 0 Å². The van der Waals surface area contributed by atoms with E-state index in [4.69, 9.17) is 5.73 Å². The Morgan fingerprint density at radius 1 is 0.950 bits per heavy atom. The Hall–Kier alpha value is -3.16. The molecular formula is C12H10N4O4. The maximum atomic E-state index is 11.1. The molecular weight excluding hydrogens is 264 g/mol. The summed E-state index contributed by atoms with van der Waals surface area (Å²) in [6.45, 7) is 0. The standard InChI is InChI=1S/C12H10N4O4/c13-11-10(15(17)18)7-6-9(12(11)16(19)20)14-8-4-2-1-3-5-8/h1-7,14H,13H2. The van der Waals surface area contributed by atoms with Crippen LogP contribution in [0.5, 0.6) is 0 Å². The summed E-state index contributed by atoms with van der Waals surface area (Å²) < 4.78 is 0. The number of hydrogen-bond acceptors (Lipinski definition) is 6. The molecule has 0 unspecified atom stereocenters. The second-order valence-electron chi connectivity index (χ2n) is 3.90. The molecule has 0 atom stereocenters. The van der Waals surface area contributed by atoms with E-state index in [0.717, 1.165) is 6.07 Å². The van der Waals surface area contributed by atoms with Crippen LogP contribution in [-0.2, 0) is 0 Å². The average Bonchev–Trinajstić information content (AvgIpc) is 2.39. The van der Waals surface area contributed by atoms with Crippen molar-refractivity contribution in [2.24, 2.45) is 0 Å². The molecule has 0 aliphatic carbocycles. The molecule has 0 saturated carbocycles. The lowest BCUT2D eigenvalue weighted by molar-refractivity contribution is -0.391. The van der Waals surface area contributed by atoms with Crippen molar-refractivity contribution in [3.8, 4) is 0 Å². The van der Waals surface area contributed by atoms with Gasteiger partial charge in [0, 0.05) is 11.8 Å². The molecule has 0 aromatic heterocycles. The zero-order chi connectivity index (χ0) is 14.7. The van der Waals surface area contributed by atoms with Gasteiger partial charge in [0.25, 0.3) is 5.69 Å². The van der Waals surface area contributed by atoms with Crippen molar-refractivity contribution in [1.82, 2.24) is 0 Å². The summed E-state index contributed by atoms with van der Waals surface area (Å²) in [6.07, 6.45) is 0. The van der Waals surface area contributed by atoms with E-state index in [1.54, 1.807) is 30.3 Å². The monoisotopic (exact) mass is 274 g/mol. The molecule has 0 aliphatic rings. The van der Waals surface area contributed by atoms with E-state index in [2.05, 4.69) is 5.32 Å². The predicted octanol–water partition coefficient (Wildman–Crippen LogP) is 2.83. The molecule has 0 aliphatic heterocycles. The molecule has 0 saturated heterocycles. The minimum Gasteiger partial charge on any atom is -0.387 e. The van der Waals surface area contributed by atoms with Gasteiger partial charge < -0.3 is 11.1 Å². The molecule has 0 bridgehead atoms. The molecule has 3 N–H and O–H groups in total. The van der Waals surface area contributed by atoms with Crippen molar-refractivity contribution in [1.29, 1.82) is 0 Å². The molecule has 0 fully saturated rings. The fourth-order valence-corrected chi connectivity index (χ4v) is 1.73. The zero-order valence-electron chi connectivity index (χ0n) is 10.1. The first-order chi connectivity index (χ1) is 9.50. The first kappa shape index (κ1) is 13.3. The number of nitro benzene ring substituents is 2. The van der Waals surface area contributed by atoms with Crippen molar-refractivity contribution in [3.63, 3.8) is 0 Å². The maximum absolute atomic E-state index is 11.1. The van der Waals surface area contributed by atoms with E-state index in [0.29, 0.717) is 5.69 Å². The van der Waals surface area contributed by atoms with Gasteiger partial charge in [-0.25, -0.2) is 0 Å². The van der Waals surface area contributed by atoms with Gasteiger partial charge in [0.05, 0.1) is 9.85 Å². The summed E-state index contributed by atoms with van der Waals surface area (Å²) >= 11 is 0. The van der Waals surface area contributed by atoms with E-state index < -0.39 is 26.9 Å². The Balaban J connectivity index is 2.51. The fourth-order valence-electron chi connectivity index (χ4n) is 1.73. The molecule has 0 amide bonds. The molecule has 0 spiro atoms. The lowest BCUT2D eigenvalue weighted by atomic mass is 10.2. The highest BCUT2D eigenvalue weighted by Gasteiger charge is 2.26. The van der Waals surface area contributed by atoms with Gasteiger partial charge in [-0.05, 0) is 18.2 Å². The van der Waals surface area contributed by atoms with Gasteiger partial charge in [0.2, 0.25) is 0 Å². The largest absolute Gasteiger partial charge is 0.387 e. The van der Waals surface area contributed by atoms with Crippen LogP contribution in [0.3, 0.4) is 0 Å². The highest BCUT2D eigenvalue weighted by Crippen LogP contribution is 2.38. The lowest BCUT2D eigenvalue weighted by Gasteiger charge is -2.08. The van der Waals surface area contributed by atoms with E-state index in [9.17, 15) is 20.2 Å². The van der Waals surface area contributed by atoms with Crippen LogP contribution in [0.2, 0.25) is 0 Å². The third-order valence-electron chi connectivity index (χ3n) is 2.63. The Morgan fingerprint density at radius 3 is 2.15 bits per heavy atom. The summed E-state index contributed by atoms with van der Waals surface area (Å²) in [7, 11) is 0. The van der Waals surface area contributed by atoms with Gasteiger partial charge in [-0.2, -0.15) is 0 Å². The molecule has 2 aromatic carbocycles. The Kier molecular flexibility index (Phi) is 3.47. The number of nitrogen functional groups attached to an aromatic ring is 1. The van der Waals surface area contributed by atoms with Gasteiger partial charge in [0.15, 0.2) is 5.69 Å². The molecule has 0 heterocycles. The first-order valence-corrected chi connectivity index (χ1v) is 5.54. The third kappa shape index (κ3) is 2.48. The Labute approximate surface area is 113 Å². The number of nitrogens with one attached hydrogen (secondary N) is 1. The normalized spacial score (nSPS) is 10.0. The number of rotatable bonds is 4. The maximum Gasteiger partial charge on any atom is 0.322 e. The van der Waals surface area contributed by atoms with Crippen LogP contribution in [0.1, 0.15) is 0 Å². The highest BCUT2D eigenvalue weighted by molar-refractivity contribution is 5.84. The van der Waals surface area contributed by atoms with Gasteiger partial charge >= 0.3 is 5.69 Å². The smallest absolute Gasteiger partial charge is 0.322 e. The van der Waals surface area contributed by atoms with Gasteiger partial charge in [-0.3, -0.25) is 20.2 Å².